The molecule has 3 heteroatoms. The molecule has 0 aliphatic carbocycles. The molecular weight excluding hydrogens is 178 g/mol. The van der Waals surface area contributed by atoms with Crippen LogP contribution in [-0.2, 0) is 4.79 Å². The Labute approximate surface area is 86.2 Å². The first-order chi connectivity index (χ1) is 6.26. The molecule has 0 saturated heterocycles. The predicted molar refractivity (Wildman–Crippen MR) is 58.4 cm³/mol. The normalized spacial score (nSPS) is 15.4. The average molecular weight is 199 g/mol. The van der Waals surface area contributed by atoms with Crippen molar-refractivity contribution in [2.24, 2.45) is 0 Å². The lowest BCUT2D eigenvalue weighted by Crippen LogP contribution is -2.42. The summed E-state index contributed by atoms with van der Waals surface area (Å²) in [6.07, 6.45) is 2.66. The molecule has 0 fully saturated rings. The molecule has 0 bridgehead atoms. The smallest absolute Gasteiger partial charge is 0.331 e. The van der Waals surface area contributed by atoms with Crippen LogP contribution in [0.15, 0.2) is 11.6 Å². The van der Waals surface area contributed by atoms with Crippen LogP contribution in [0.3, 0.4) is 0 Å². The van der Waals surface area contributed by atoms with Crippen LogP contribution in [0.1, 0.15) is 41.0 Å². The SMILES string of the molecule is CCC(C=C(C)C(=O)O)NC(C)(C)C. The van der Waals surface area contributed by atoms with Gasteiger partial charge in [0.1, 0.15) is 0 Å². The van der Waals surface area contributed by atoms with Crippen molar-refractivity contribution < 1.29 is 9.90 Å². The van der Waals surface area contributed by atoms with E-state index in [2.05, 4.69) is 26.1 Å². The molecule has 0 aromatic rings. The second-order valence-corrected chi connectivity index (χ2v) is 4.56. The minimum absolute atomic E-state index is 0.00988. The highest BCUT2D eigenvalue weighted by atomic mass is 16.4. The topological polar surface area (TPSA) is 49.3 Å². The van der Waals surface area contributed by atoms with Crippen LogP contribution < -0.4 is 5.32 Å². The van der Waals surface area contributed by atoms with E-state index >= 15 is 0 Å². The zero-order valence-electron chi connectivity index (χ0n) is 9.72. The summed E-state index contributed by atoms with van der Waals surface area (Å²) in [6, 6.07) is 0.131. The van der Waals surface area contributed by atoms with Gasteiger partial charge in [-0.05, 0) is 34.1 Å². The van der Waals surface area contributed by atoms with Gasteiger partial charge in [-0.3, -0.25) is 0 Å². The zero-order valence-corrected chi connectivity index (χ0v) is 9.72. The molecule has 0 saturated carbocycles. The summed E-state index contributed by atoms with van der Waals surface area (Å²) in [7, 11) is 0. The van der Waals surface area contributed by atoms with Crippen LogP contribution in [0.2, 0.25) is 0 Å². The summed E-state index contributed by atoms with van der Waals surface area (Å²) >= 11 is 0. The monoisotopic (exact) mass is 199 g/mol. The van der Waals surface area contributed by atoms with Crippen molar-refractivity contribution >= 4 is 5.97 Å². The lowest BCUT2D eigenvalue weighted by Gasteiger charge is -2.26. The predicted octanol–water partition coefficient (Wildman–Crippen LogP) is 2.18. The molecule has 82 valence electrons. The highest BCUT2D eigenvalue weighted by Gasteiger charge is 2.14. The van der Waals surface area contributed by atoms with Crippen molar-refractivity contribution in [3.05, 3.63) is 11.6 Å². The molecule has 0 rings (SSSR count). The molecule has 0 aliphatic heterocycles. The summed E-state index contributed by atoms with van der Waals surface area (Å²) < 4.78 is 0. The Kier molecular flexibility index (Phi) is 4.85. The molecule has 14 heavy (non-hydrogen) atoms. The van der Waals surface area contributed by atoms with Gasteiger partial charge in [0.15, 0.2) is 0 Å². The second-order valence-electron chi connectivity index (χ2n) is 4.56. The number of hydrogen-bond donors (Lipinski definition) is 2. The van der Waals surface area contributed by atoms with Gasteiger partial charge in [0, 0.05) is 17.2 Å². The number of aliphatic carboxylic acids is 1. The Morgan fingerprint density at radius 1 is 1.50 bits per heavy atom. The van der Waals surface area contributed by atoms with Crippen molar-refractivity contribution in [1.82, 2.24) is 5.32 Å². The Morgan fingerprint density at radius 2 is 2.00 bits per heavy atom. The third-order valence-electron chi connectivity index (χ3n) is 1.85. The van der Waals surface area contributed by atoms with Gasteiger partial charge < -0.3 is 10.4 Å². The van der Waals surface area contributed by atoms with E-state index in [1.165, 1.54) is 0 Å². The van der Waals surface area contributed by atoms with E-state index in [9.17, 15) is 4.79 Å². The largest absolute Gasteiger partial charge is 0.478 e. The molecule has 0 aromatic heterocycles. The number of rotatable bonds is 4. The summed E-state index contributed by atoms with van der Waals surface area (Å²) in [5.41, 5.74) is 0.407. The lowest BCUT2D eigenvalue weighted by molar-refractivity contribution is -0.132. The van der Waals surface area contributed by atoms with E-state index in [0.29, 0.717) is 5.57 Å². The van der Waals surface area contributed by atoms with Crippen molar-refractivity contribution in [1.29, 1.82) is 0 Å². The number of carbonyl (C=O) groups is 1. The van der Waals surface area contributed by atoms with Gasteiger partial charge >= 0.3 is 5.97 Å². The van der Waals surface area contributed by atoms with Crippen LogP contribution >= 0.6 is 0 Å². The molecule has 0 amide bonds. The molecule has 0 spiro atoms. The molecule has 2 N–H and O–H groups in total. The minimum atomic E-state index is -0.848. The molecule has 3 nitrogen and oxygen atoms in total. The first kappa shape index (κ1) is 13.2. The van der Waals surface area contributed by atoms with Gasteiger partial charge in [-0.15, -0.1) is 0 Å². The minimum Gasteiger partial charge on any atom is -0.478 e. The molecule has 0 aromatic carbocycles. The van der Waals surface area contributed by atoms with Gasteiger partial charge in [-0.25, -0.2) is 4.79 Å². The third-order valence-corrected chi connectivity index (χ3v) is 1.85. The maximum Gasteiger partial charge on any atom is 0.331 e. The standard InChI is InChI=1S/C11H21NO2/c1-6-9(12-11(3,4)5)7-8(2)10(13)14/h7,9,12H,6H2,1-5H3,(H,13,14). The van der Waals surface area contributed by atoms with Crippen molar-refractivity contribution in [2.45, 2.75) is 52.6 Å². The average Bonchev–Trinajstić information content (AvgIpc) is 2.00. The third kappa shape index (κ3) is 5.75. The van der Waals surface area contributed by atoms with Gasteiger partial charge in [-0.2, -0.15) is 0 Å². The first-order valence-corrected chi connectivity index (χ1v) is 4.95. The maximum absolute atomic E-state index is 10.6. The fraction of sp³-hybridized carbons (Fsp3) is 0.727. The maximum atomic E-state index is 10.6. The van der Waals surface area contributed by atoms with Gasteiger partial charge in [0.25, 0.3) is 0 Å². The van der Waals surface area contributed by atoms with Crippen molar-refractivity contribution in [2.75, 3.05) is 0 Å². The quantitative estimate of drug-likeness (QED) is 0.682. The number of nitrogens with one attached hydrogen (secondary N) is 1. The van der Waals surface area contributed by atoms with Gasteiger partial charge in [-0.1, -0.05) is 13.0 Å². The van der Waals surface area contributed by atoms with Crippen LogP contribution in [0.25, 0.3) is 0 Å². The molecular formula is C11H21NO2. The van der Waals surface area contributed by atoms with Gasteiger partial charge in [0.2, 0.25) is 0 Å². The van der Waals surface area contributed by atoms with Crippen molar-refractivity contribution in [3.8, 4) is 0 Å². The Balaban J connectivity index is 4.44. The van der Waals surface area contributed by atoms with E-state index in [0.717, 1.165) is 6.42 Å². The van der Waals surface area contributed by atoms with Gasteiger partial charge in [0.05, 0.1) is 0 Å². The molecule has 0 heterocycles. The van der Waals surface area contributed by atoms with E-state index in [1.54, 1.807) is 13.0 Å². The highest BCUT2D eigenvalue weighted by Crippen LogP contribution is 2.07. The molecule has 1 unspecified atom stereocenters. The summed E-state index contributed by atoms with van der Waals surface area (Å²) in [6.45, 7) is 9.86. The van der Waals surface area contributed by atoms with Crippen LogP contribution in [0.5, 0.6) is 0 Å². The van der Waals surface area contributed by atoms with Crippen LogP contribution in [0, 0.1) is 0 Å². The van der Waals surface area contributed by atoms with E-state index in [4.69, 9.17) is 5.11 Å². The van der Waals surface area contributed by atoms with Crippen LogP contribution in [-0.4, -0.2) is 22.7 Å². The number of carboxylic acids is 1. The van der Waals surface area contributed by atoms with Crippen molar-refractivity contribution in [3.63, 3.8) is 0 Å². The fourth-order valence-electron chi connectivity index (χ4n) is 1.19. The Morgan fingerprint density at radius 3 is 2.29 bits per heavy atom. The Hall–Kier alpha value is -0.830. The fourth-order valence-corrected chi connectivity index (χ4v) is 1.19. The lowest BCUT2D eigenvalue weighted by atomic mass is 10.0. The van der Waals surface area contributed by atoms with E-state index < -0.39 is 5.97 Å². The summed E-state index contributed by atoms with van der Waals surface area (Å²) in [4.78, 5) is 10.6. The number of hydrogen-bond acceptors (Lipinski definition) is 2. The van der Waals surface area contributed by atoms with Crippen LogP contribution in [0.4, 0.5) is 0 Å². The van der Waals surface area contributed by atoms with E-state index in [-0.39, 0.29) is 11.6 Å². The highest BCUT2D eigenvalue weighted by molar-refractivity contribution is 5.85. The molecule has 0 radical (unpaired) electrons. The second kappa shape index (κ2) is 5.15. The Bertz CT molecular complexity index is 226. The molecule has 1 atom stereocenters. The summed E-state index contributed by atoms with van der Waals surface area (Å²) in [5, 5.41) is 12.1. The zero-order chi connectivity index (χ0) is 11.4. The first-order valence-electron chi connectivity index (χ1n) is 4.95. The molecule has 0 aliphatic rings. The number of carboxylic acid groups (broad SMARTS) is 1. The van der Waals surface area contributed by atoms with E-state index in [1.807, 2.05) is 6.92 Å². The summed E-state index contributed by atoms with van der Waals surface area (Å²) in [5.74, 6) is -0.848.